The van der Waals surface area contributed by atoms with Crippen LogP contribution in [0.5, 0.6) is 0 Å². The number of hydrogen-bond donors (Lipinski definition) is 0. The third kappa shape index (κ3) is 8.19. The Hall–Kier alpha value is -3.23. The molecule has 5 heteroatoms. The SMILES string of the molecule is O=C(Cc1ccccn1)c1ccccc1.O=C(Cc1ccccn1)c1ccccc1.[Pt+2]. The second kappa shape index (κ2) is 13.1. The smallest absolute Gasteiger partial charge is 0.294 e. The number of carbonyl (C=O) groups excluding carboxylic acids is 2. The number of pyridine rings is 2. The van der Waals surface area contributed by atoms with E-state index >= 15 is 0 Å². The van der Waals surface area contributed by atoms with Gasteiger partial charge in [-0.3, -0.25) is 19.6 Å². The van der Waals surface area contributed by atoms with Crippen LogP contribution in [0.4, 0.5) is 0 Å². The van der Waals surface area contributed by atoms with Gasteiger partial charge in [0.25, 0.3) is 0 Å². The predicted molar refractivity (Wildman–Crippen MR) is 117 cm³/mol. The van der Waals surface area contributed by atoms with E-state index in [0.717, 1.165) is 22.5 Å². The van der Waals surface area contributed by atoms with Gasteiger partial charge in [0.05, 0.1) is 12.8 Å². The summed E-state index contributed by atoms with van der Waals surface area (Å²) in [6.07, 6.45) is 4.14. The van der Waals surface area contributed by atoms with Crippen molar-refractivity contribution in [2.24, 2.45) is 0 Å². The Morgan fingerprint density at radius 1 is 0.516 bits per heavy atom. The predicted octanol–water partition coefficient (Wildman–Crippen LogP) is 5.01. The van der Waals surface area contributed by atoms with E-state index in [1.807, 2.05) is 97.1 Å². The van der Waals surface area contributed by atoms with Crippen LogP contribution in [0.15, 0.2) is 109 Å². The zero-order valence-corrected chi connectivity index (χ0v) is 19.1. The summed E-state index contributed by atoms with van der Waals surface area (Å²) in [6, 6.07) is 29.8. The van der Waals surface area contributed by atoms with Crippen molar-refractivity contribution in [3.05, 3.63) is 132 Å². The summed E-state index contributed by atoms with van der Waals surface area (Å²) in [5, 5.41) is 0. The van der Waals surface area contributed by atoms with E-state index in [-0.39, 0.29) is 32.6 Å². The molecule has 0 saturated carbocycles. The van der Waals surface area contributed by atoms with Crippen molar-refractivity contribution in [1.29, 1.82) is 0 Å². The first kappa shape index (κ1) is 24.0. The molecule has 0 amide bonds. The number of benzene rings is 2. The van der Waals surface area contributed by atoms with Gasteiger partial charge in [-0.2, -0.15) is 0 Å². The molecule has 0 unspecified atom stereocenters. The van der Waals surface area contributed by atoms with Gasteiger partial charge in [-0.1, -0.05) is 72.8 Å². The Balaban J connectivity index is 0.000000213. The maximum absolute atomic E-state index is 11.8. The second-order valence-corrected chi connectivity index (χ2v) is 6.57. The standard InChI is InChI=1S/2C13H11NO.Pt/c2*15-13(11-6-2-1-3-7-11)10-12-8-4-5-9-14-12;/h2*1-9H,10H2;/q;;+2. The molecule has 2 aromatic carbocycles. The van der Waals surface area contributed by atoms with Crippen molar-refractivity contribution in [3.8, 4) is 0 Å². The summed E-state index contributed by atoms with van der Waals surface area (Å²) in [4.78, 5) is 31.8. The van der Waals surface area contributed by atoms with Crippen LogP contribution in [0.2, 0.25) is 0 Å². The topological polar surface area (TPSA) is 59.9 Å². The maximum Gasteiger partial charge on any atom is 2.00 e. The fraction of sp³-hybridized carbons (Fsp3) is 0.0769. The summed E-state index contributed by atoms with van der Waals surface area (Å²) in [5.41, 5.74) is 3.10. The average molecular weight is 590 g/mol. The third-order valence-electron chi connectivity index (χ3n) is 4.33. The molecule has 4 rings (SSSR count). The molecule has 0 fully saturated rings. The molecule has 2 aromatic heterocycles. The van der Waals surface area contributed by atoms with Gasteiger partial charge >= 0.3 is 21.1 Å². The van der Waals surface area contributed by atoms with Crippen molar-refractivity contribution in [3.63, 3.8) is 0 Å². The van der Waals surface area contributed by atoms with Crippen molar-refractivity contribution < 1.29 is 30.7 Å². The number of ketones is 2. The zero-order valence-electron chi connectivity index (χ0n) is 16.8. The van der Waals surface area contributed by atoms with Crippen molar-refractivity contribution in [2.45, 2.75) is 12.8 Å². The zero-order chi connectivity index (χ0) is 21.0. The summed E-state index contributed by atoms with van der Waals surface area (Å²) >= 11 is 0. The quantitative estimate of drug-likeness (QED) is 0.297. The van der Waals surface area contributed by atoms with Crippen LogP contribution in [-0.4, -0.2) is 21.5 Å². The molecule has 0 aliphatic carbocycles. The van der Waals surface area contributed by atoms with Crippen LogP contribution in [0.3, 0.4) is 0 Å². The molecule has 0 N–H and O–H groups in total. The van der Waals surface area contributed by atoms with Crippen LogP contribution in [0, 0.1) is 0 Å². The molecule has 0 aliphatic rings. The molecule has 0 saturated heterocycles. The normalized spacial score (nSPS) is 9.55. The molecular formula is C26H22N2O2Pt+2. The summed E-state index contributed by atoms with van der Waals surface area (Å²) in [5.74, 6) is 0.212. The molecule has 156 valence electrons. The van der Waals surface area contributed by atoms with Gasteiger partial charge in [-0.15, -0.1) is 0 Å². The second-order valence-electron chi connectivity index (χ2n) is 6.57. The van der Waals surface area contributed by atoms with Gasteiger partial charge in [-0.25, -0.2) is 0 Å². The molecule has 0 radical (unpaired) electrons. The van der Waals surface area contributed by atoms with Crippen molar-refractivity contribution in [2.75, 3.05) is 0 Å². The minimum atomic E-state index is 0. The van der Waals surface area contributed by atoms with Gasteiger partial charge in [-0.05, 0) is 24.3 Å². The van der Waals surface area contributed by atoms with Gasteiger partial charge in [0, 0.05) is 34.9 Å². The van der Waals surface area contributed by atoms with Gasteiger partial charge in [0.1, 0.15) is 0 Å². The molecule has 4 nitrogen and oxygen atoms in total. The van der Waals surface area contributed by atoms with E-state index in [9.17, 15) is 9.59 Å². The Morgan fingerprint density at radius 3 is 1.19 bits per heavy atom. The number of rotatable bonds is 6. The van der Waals surface area contributed by atoms with Crippen LogP contribution < -0.4 is 0 Å². The Morgan fingerprint density at radius 2 is 0.871 bits per heavy atom. The van der Waals surface area contributed by atoms with Crippen LogP contribution in [0.1, 0.15) is 32.1 Å². The molecule has 2 heterocycles. The Kier molecular flexibility index (Phi) is 10.2. The summed E-state index contributed by atoms with van der Waals surface area (Å²) in [7, 11) is 0. The molecule has 0 aliphatic heterocycles. The maximum atomic E-state index is 11.8. The molecule has 0 atom stereocenters. The van der Waals surface area contributed by atoms with Gasteiger partial charge in [0.2, 0.25) is 0 Å². The first-order chi connectivity index (χ1) is 14.7. The average Bonchev–Trinajstić information content (AvgIpc) is 2.82. The first-order valence-corrected chi connectivity index (χ1v) is 9.68. The van der Waals surface area contributed by atoms with Crippen molar-refractivity contribution in [1.82, 2.24) is 9.97 Å². The van der Waals surface area contributed by atoms with E-state index < -0.39 is 0 Å². The Bertz CT molecular complexity index is 969. The molecular weight excluding hydrogens is 567 g/mol. The van der Waals surface area contributed by atoms with E-state index in [2.05, 4.69) is 9.97 Å². The number of nitrogens with zero attached hydrogens (tertiary/aromatic N) is 2. The number of carbonyl (C=O) groups is 2. The first-order valence-electron chi connectivity index (χ1n) is 9.68. The van der Waals surface area contributed by atoms with Crippen LogP contribution in [-0.2, 0) is 33.9 Å². The van der Waals surface area contributed by atoms with Crippen LogP contribution in [0.25, 0.3) is 0 Å². The number of aromatic nitrogens is 2. The fourth-order valence-corrected chi connectivity index (χ4v) is 2.79. The molecule has 0 bridgehead atoms. The minimum Gasteiger partial charge on any atom is -0.294 e. The molecule has 0 spiro atoms. The van der Waals surface area contributed by atoms with E-state index in [1.165, 1.54) is 0 Å². The summed E-state index contributed by atoms with van der Waals surface area (Å²) < 4.78 is 0. The number of hydrogen-bond acceptors (Lipinski definition) is 4. The summed E-state index contributed by atoms with van der Waals surface area (Å²) in [6.45, 7) is 0. The molecule has 4 aromatic rings. The number of Topliss-reactive ketones (excluding diaryl/α,β-unsaturated/α-hetero) is 2. The van der Waals surface area contributed by atoms with Crippen LogP contribution >= 0.6 is 0 Å². The largest absolute Gasteiger partial charge is 2.00 e. The van der Waals surface area contributed by atoms with Gasteiger partial charge in [0.15, 0.2) is 11.6 Å². The van der Waals surface area contributed by atoms with E-state index in [4.69, 9.17) is 0 Å². The minimum absolute atomic E-state index is 0. The van der Waals surface area contributed by atoms with Crippen molar-refractivity contribution >= 4 is 11.6 Å². The van der Waals surface area contributed by atoms with Gasteiger partial charge < -0.3 is 0 Å². The van der Waals surface area contributed by atoms with E-state index in [1.54, 1.807) is 12.4 Å². The van der Waals surface area contributed by atoms with E-state index in [0.29, 0.717) is 12.8 Å². The monoisotopic (exact) mass is 589 g/mol. The third-order valence-corrected chi connectivity index (χ3v) is 4.33. The Labute approximate surface area is 196 Å². The molecule has 31 heavy (non-hydrogen) atoms. The fourth-order valence-electron chi connectivity index (χ4n) is 2.79.